The number of hydrogen-bond acceptors (Lipinski definition) is 4. The van der Waals surface area contributed by atoms with Gasteiger partial charge in [0.25, 0.3) is 0 Å². The van der Waals surface area contributed by atoms with Gasteiger partial charge in [-0.1, -0.05) is 17.3 Å². The number of carboxylic acids is 1. The van der Waals surface area contributed by atoms with Crippen LogP contribution in [0.1, 0.15) is 27.3 Å². The summed E-state index contributed by atoms with van der Waals surface area (Å²) >= 11 is 0. The molecule has 21 heavy (non-hydrogen) atoms. The van der Waals surface area contributed by atoms with Crippen LogP contribution in [0, 0.1) is 0 Å². The topological polar surface area (TPSA) is 94.0 Å². The van der Waals surface area contributed by atoms with E-state index in [0.29, 0.717) is 5.56 Å². The average Bonchev–Trinajstić information content (AvgIpc) is 2.81. The maximum absolute atomic E-state index is 12.6. The van der Waals surface area contributed by atoms with E-state index in [1.165, 1.54) is 16.8 Å². The Balaban J connectivity index is 2.33. The fourth-order valence-electron chi connectivity index (χ4n) is 1.85. The Labute approximate surface area is 117 Å². The summed E-state index contributed by atoms with van der Waals surface area (Å²) in [4.78, 5) is 10.9. The first-order valence-corrected chi connectivity index (χ1v) is 5.84. The molecule has 1 heterocycles. The number of hydrogen-bond donors (Lipinski definition) is 2. The van der Waals surface area contributed by atoms with Gasteiger partial charge in [0.05, 0.1) is 17.8 Å². The first-order valence-electron chi connectivity index (χ1n) is 5.84. The summed E-state index contributed by atoms with van der Waals surface area (Å²) in [5.41, 5.74) is 4.83. The lowest BCUT2D eigenvalue weighted by Crippen LogP contribution is -2.13. The van der Waals surface area contributed by atoms with E-state index < -0.39 is 17.7 Å². The molecule has 0 bridgehead atoms. The normalized spacial score (nSPS) is 11.6. The second kappa shape index (κ2) is 5.52. The van der Waals surface area contributed by atoms with Gasteiger partial charge in [0.2, 0.25) is 0 Å². The highest BCUT2D eigenvalue weighted by atomic mass is 19.4. The van der Waals surface area contributed by atoms with Crippen LogP contribution < -0.4 is 5.73 Å². The first kappa shape index (κ1) is 15.0. The number of aromatic carboxylic acids is 1. The fourth-order valence-corrected chi connectivity index (χ4v) is 1.85. The quantitative estimate of drug-likeness (QED) is 0.892. The molecule has 0 saturated heterocycles. The zero-order valence-corrected chi connectivity index (χ0v) is 10.6. The first-order chi connectivity index (χ1) is 9.82. The Morgan fingerprint density at radius 2 is 2.10 bits per heavy atom. The average molecular weight is 300 g/mol. The molecule has 0 spiro atoms. The Hall–Kier alpha value is -2.42. The Kier molecular flexibility index (Phi) is 3.94. The molecule has 0 aliphatic heterocycles. The molecular formula is C12H11F3N4O2. The van der Waals surface area contributed by atoms with Gasteiger partial charge in [-0.05, 0) is 17.7 Å². The maximum atomic E-state index is 12.6. The third-order valence-corrected chi connectivity index (χ3v) is 2.82. The summed E-state index contributed by atoms with van der Waals surface area (Å²) < 4.78 is 39.1. The van der Waals surface area contributed by atoms with E-state index in [1.807, 2.05) is 0 Å². The van der Waals surface area contributed by atoms with E-state index in [0.717, 1.165) is 12.1 Å². The molecule has 0 radical (unpaired) electrons. The van der Waals surface area contributed by atoms with Crippen LogP contribution in [0.25, 0.3) is 0 Å². The lowest BCUT2D eigenvalue weighted by molar-refractivity contribution is -0.137. The Morgan fingerprint density at radius 1 is 1.38 bits per heavy atom. The SMILES string of the molecule is NCc1c(C(=O)O)nnn1Cc1cccc(C(F)(F)F)c1. The lowest BCUT2D eigenvalue weighted by atomic mass is 10.1. The molecule has 0 atom stereocenters. The second-order valence-corrected chi connectivity index (χ2v) is 4.25. The highest BCUT2D eigenvalue weighted by Gasteiger charge is 2.30. The van der Waals surface area contributed by atoms with Crippen molar-refractivity contribution in [3.8, 4) is 0 Å². The summed E-state index contributed by atoms with van der Waals surface area (Å²) in [5.74, 6) is -1.29. The van der Waals surface area contributed by atoms with Gasteiger partial charge in [-0.2, -0.15) is 13.2 Å². The van der Waals surface area contributed by atoms with Crippen LogP contribution in [0.4, 0.5) is 13.2 Å². The minimum absolute atomic E-state index is 0.0449. The molecule has 3 N–H and O–H groups in total. The zero-order chi connectivity index (χ0) is 15.6. The van der Waals surface area contributed by atoms with Crippen molar-refractivity contribution in [2.45, 2.75) is 19.3 Å². The Bertz CT molecular complexity index is 667. The highest BCUT2D eigenvalue weighted by molar-refractivity contribution is 5.86. The van der Waals surface area contributed by atoms with Gasteiger partial charge in [-0.3, -0.25) is 0 Å². The van der Waals surface area contributed by atoms with Gasteiger partial charge in [-0.15, -0.1) is 5.10 Å². The minimum atomic E-state index is -4.44. The van der Waals surface area contributed by atoms with Crippen molar-refractivity contribution < 1.29 is 23.1 Å². The van der Waals surface area contributed by atoms with Crippen LogP contribution in [0.3, 0.4) is 0 Å². The van der Waals surface area contributed by atoms with E-state index in [1.54, 1.807) is 0 Å². The van der Waals surface area contributed by atoms with Crippen molar-refractivity contribution in [2.24, 2.45) is 5.73 Å². The van der Waals surface area contributed by atoms with Crippen LogP contribution in [0.5, 0.6) is 0 Å². The number of nitrogens with two attached hydrogens (primary N) is 1. The zero-order valence-electron chi connectivity index (χ0n) is 10.6. The predicted octanol–water partition coefficient (Wildman–Crippen LogP) is 1.50. The molecule has 0 aliphatic rings. The van der Waals surface area contributed by atoms with Crippen molar-refractivity contribution in [3.63, 3.8) is 0 Å². The van der Waals surface area contributed by atoms with Crippen LogP contribution in [0.2, 0.25) is 0 Å². The van der Waals surface area contributed by atoms with Crippen LogP contribution in [-0.2, 0) is 19.3 Å². The number of aromatic nitrogens is 3. The number of carbonyl (C=O) groups is 1. The smallest absolute Gasteiger partial charge is 0.416 e. The minimum Gasteiger partial charge on any atom is -0.476 e. The molecule has 0 unspecified atom stereocenters. The summed E-state index contributed by atoms with van der Waals surface area (Å²) in [6, 6.07) is 4.69. The monoisotopic (exact) mass is 300 g/mol. The molecule has 2 rings (SSSR count). The molecule has 9 heteroatoms. The van der Waals surface area contributed by atoms with Crippen LogP contribution >= 0.6 is 0 Å². The third kappa shape index (κ3) is 3.19. The standard InChI is InChI=1S/C12H11F3N4O2/c13-12(14,15)8-3-1-2-7(4-8)6-19-9(5-16)10(11(20)21)17-18-19/h1-4H,5-6,16H2,(H,20,21). The summed E-state index contributed by atoms with van der Waals surface area (Å²) in [6.45, 7) is -0.176. The number of nitrogens with zero attached hydrogens (tertiary/aromatic N) is 3. The third-order valence-electron chi connectivity index (χ3n) is 2.82. The van der Waals surface area contributed by atoms with Crippen molar-refractivity contribution in [3.05, 3.63) is 46.8 Å². The molecular weight excluding hydrogens is 289 g/mol. The van der Waals surface area contributed by atoms with Gasteiger partial charge in [0.15, 0.2) is 5.69 Å². The molecule has 0 amide bonds. The van der Waals surface area contributed by atoms with Crippen LogP contribution in [0.15, 0.2) is 24.3 Å². The molecule has 6 nitrogen and oxygen atoms in total. The van der Waals surface area contributed by atoms with Gasteiger partial charge >= 0.3 is 12.1 Å². The maximum Gasteiger partial charge on any atom is 0.416 e. The predicted molar refractivity (Wildman–Crippen MR) is 65.4 cm³/mol. The van der Waals surface area contributed by atoms with Crippen molar-refractivity contribution in [1.29, 1.82) is 0 Å². The molecule has 2 aromatic rings. The number of carboxylic acid groups (broad SMARTS) is 1. The lowest BCUT2D eigenvalue weighted by Gasteiger charge is -2.09. The van der Waals surface area contributed by atoms with Gasteiger partial charge in [0, 0.05) is 6.54 Å². The highest BCUT2D eigenvalue weighted by Crippen LogP contribution is 2.29. The second-order valence-electron chi connectivity index (χ2n) is 4.25. The summed E-state index contributed by atoms with van der Waals surface area (Å²) in [5, 5.41) is 16.0. The molecule has 0 fully saturated rings. The van der Waals surface area contributed by atoms with Crippen LogP contribution in [-0.4, -0.2) is 26.1 Å². The molecule has 0 saturated carbocycles. The van der Waals surface area contributed by atoms with Crippen molar-refractivity contribution in [2.75, 3.05) is 0 Å². The van der Waals surface area contributed by atoms with E-state index >= 15 is 0 Å². The largest absolute Gasteiger partial charge is 0.476 e. The number of benzene rings is 1. The van der Waals surface area contributed by atoms with Crippen molar-refractivity contribution in [1.82, 2.24) is 15.0 Å². The number of rotatable bonds is 4. The van der Waals surface area contributed by atoms with Gasteiger partial charge < -0.3 is 10.8 Å². The molecule has 0 aliphatic carbocycles. The summed E-state index contributed by atoms with van der Waals surface area (Å²) in [6.07, 6.45) is -4.44. The molecule has 1 aromatic carbocycles. The van der Waals surface area contributed by atoms with Crippen molar-refractivity contribution >= 4 is 5.97 Å². The number of alkyl halides is 3. The van der Waals surface area contributed by atoms with E-state index in [4.69, 9.17) is 10.8 Å². The molecule has 1 aromatic heterocycles. The number of halogens is 3. The van der Waals surface area contributed by atoms with Gasteiger partial charge in [-0.25, -0.2) is 9.48 Å². The summed E-state index contributed by atoms with van der Waals surface area (Å²) in [7, 11) is 0. The fraction of sp³-hybridized carbons (Fsp3) is 0.250. The Morgan fingerprint density at radius 3 is 2.67 bits per heavy atom. The van der Waals surface area contributed by atoms with E-state index in [9.17, 15) is 18.0 Å². The molecule has 112 valence electrons. The van der Waals surface area contributed by atoms with E-state index in [2.05, 4.69) is 10.3 Å². The van der Waals surface area contributed by atoms with E-state index in [-0.39, 0.29) is 24.5 Å². The van der Waals surface area contributed by atoms with Gasteiger partial charge in [0.1, 0.15) is 0 Å².